The summed E-state index contributed by atoms with van der Waals surface area (Å²) >= 11 is 5.90. The molecular formula is C19H15ClN2O4. The third kappa shape index (κ3) is 4.49. The van der Waals surface area contributed by atoms with Crippen LogP contribution < -0.4 is 5.32 Å². The van der Waals surface area contributed by atoms with E-state index in [4.69, 9.17) is 20.8 Å². The Balaban J connectivity index is 1.53. The summed E-state index contributed by atoms with van der Waals surface area (Å²) in [5.74, 6) is -0.855. The Morgan fingerprint density at radius 1 is 1.27 bits per heavy atom. The van der Waals surface area contributed by atoms with E-state index in [0.29, 0.717) is 21.8 Å². The van der Waals surface area contributed by atoms with Gasteiger partial charge in [-0.25, -0.2) is 9.78 Å². The van der Waals surface area contributed by atoms with Gasteiger partial charge in [0.05, 0.1) is 0 Å². The maximum Gasteiger partial charge on any atom is 0.331 e. The van der Waals surface area contributed by atoms with Gasteiger partial charge in [-0.3, -0.25) is 4.79 Å². The summed E-state index contributed by atoms with van der Waals surface area (Å²) in [6.07, 6.45) is 2.55. The van der Waals surface area contributed by atoms with Crippen molar-refractivity contribution in [3.63, 3.8) is 0 Å². The van der Waals surface area contributed by atoms with E-state index >= 15 is 0 Å². The lowest BCUT2D eigenvalue weighted by molar-refractivity contribution is -0.142. The first-order valence-electron chi connectivity index (χ1n) is 7.78. The SMILES string of the molecule is Cc1ccc(Cl)cc1NC(=O)COC(=O)/C=C/c1nc2ccccc2o1. The first kappa shape index (κ1) is 17.7. The number of carbonyl (C=O) groups is 2. The van der Waals surface area contributed by atoms with Gasteiger partial charge < -0.3 is 14.5 Å². The number of nitrogens with one attached hydrogen (secondary N) is 1. The van der Waals surface area contributed by atoms with Crippen LogP contribution in [0.15, 0.2) is 53.0 Å². The highest BCUT2D eigenvalue weighted by Gasteiger charge is 2.08. The molecule has 3 rings (SSSR count). The minimum absolute atomic E-state index is 0.280. The molecule has 2 aromatic carbocycles. The Kier molecular flexibility index (Phi) is 5.34. The number of aromatic nitrogens is 1. The lowest BCUT2D eigenvalue weighted by atomic mass is 10.2. The molecule has 0 unspecified atom stereocenters. The average molecular weight is 371 g/mol. The van der Waals surface area contributed by atoms with Crippen molar-refractivity contribution >= 4 is 46.3 Å². The molecule has 0 saturated heterocycles. The van der Waals surface area contributed by atoms with Crippen molar-refractivity contribution in [2.75, 3.05) is 11.9 Å². The smallest absolute Gasteiger partial charge is 0.331 e. The second-order valence-electron chi connectivity index (χ2n) is 5.47. The molecule has 1 aromatic heterocycles. The van der Waals surface area contributed by atoms with Gasteiger partial charge in [-0.15, -0.1) is 0 Å². The van der Waals surface area contributed by atoms with E-state index in [1.54, 1.807) is 30.3 Å². The van der Waals surface area contributed by atoms with Crippen LogP contribution >= 0.6 is 11.6 Å². The standard InChI is InChI=1S/C19H15ClN2O4/c1-12-6-7-13(20)10-15(12)21-17(23)11-25-19(24)9-8-18-22-14-4-2-3-5-16(14)26-18/h2-10H,11H2,1H3,(H,21,23)/b9-8+. The van der Waals surface area contributed by atoms with Gasteiger partial charge in [0.1, 0.15) is 5.52 Å². The number of rotatable bonds is 5. The van der Waals surface area contributed by atoms with Crippen LogP contribution in [0.5, 0.6) is 0 Å². The van der Waals surface area contributed by atoms with Crippen LogP contribution in [0.4, 0.5) is 5.69 Å². The zero-order valence-corrected chi connectivity index (χ0v) is 14.6. The monoisotopic (exact) mass is 370 g/mol. The van der Waals surface area contributed by atoms with Gasteiger partial charge >= 0.3 is 5.97 Å². The summed E-state index contributed by atoms with van der Waals surface area (Å²) in [6, 6.07) is 12.4. The van der Waals surface area contributed by atoms with Gasteiger partial charge in [0, 0.05) is 22.9 Å². The van der Waals surface area contributed by atoms with Crippen molar-refractivity contribution in [2.45, 2.75) is 6.92 Å². The average Bonchev–Trinajstić information content (AvgIpc) is 3.04. The number of para-hydroxylation sites is 2. The molecule has 1 N–H and O–H groups in total. The lowest BCUT2D eigenvalue weighted by Crippen LogP contribution is -2.20. The number of fused-ring (bicyclic) bond motifs is 1. The highest BCUT2D eigenvalue weighted by Crippen LogP contribution is 2.20. The Morgan fingerprint density at radius 2 is 2.08 bits per heavy atom. The fourth-order valence-electron chi connectivity index (χ4n) is 2.20. The van der Waals surface area contributed by atoms with Crippen molar-refractivity contribution in [1.82, 2.24) is 4.98 Å². The fraction of sp³-hybridized carbons (Fsp3) is 0.105. The van der Waals surface area contributed by atoms with Crippen molar-refractivity contribution in [1.29, 1.82) is 0 Å². The second-order valence-corrected chi connectivity index (χ2v) is 5.90. The van der Waals surface area contributed by atoms with E-state index in [2.05, 4.69) is 10.3 Å². The van der Waals surface area contributed by atoms with Gasteiger partial charge in [-0.05, 0) is 36.8 Å². The van der Waals surface area contributed by atoms with Crippen LogP contribution in [0.2, 0.25) is 5.02 Å². The molecule has 0 radical (unpaired) electrons. The number of oxazole rings is 1. The number of hydrogen-bond acceptors (Lipinski definition) is 5. The number of aryl methyl sites for hydroxylation is 1. The van der Waals surface area contributed by atoms with Crippen LogP contribution in [0.25, 0.3) is 17.2 Å². The molecule has 7 heteroatoms. The molecule has 0 aliphatic carbocycles. The molecule has 0 fully saturated rings. The van der Waals surface area contributed by atoms with Gasteiger partial charge in [-0.1, -0.05) is 29.8 Å². The number of amides is 1. The molecule has 1 amide bonds. The summed E-state index contributed by atoms with van der Waals surface area (Å²) in [4.78, 5) is 27.8. The van der Waals surface area contributed by atoms with E-state index < -0.39 is 18.5 Å². The summed E-state index contributed by atoms with van der Waals surface area (Å²) in [5, 5.41) is 3.15. The van der Waals surface area contributed by atoms with Crippen molar-refractivity contribution in [3.8, 4) is 0 Å². The Hall–Kier alpha value is -3.12. The van der Waals surface area contributed by atoms with Gasteiger partial charge in [0.25, 0.3) is 5.91 Å². The van der Waals surface area contributed by atoms with Crippen molar-refractivity contribution < 1.29 is 18.7 Å². The van der Waals surface area contributed by atoms with E-state index in [0.717, 1.165) is 11.6 Å². The molecule has 26 heavy (non-hydrogen) atoms. The first-order chi connectivity index (χ1) is 12.5. The van der Waals surface area contributed by atoms with Gasteiger partial charge in [0.15, 0.2) is 12.2 Å². The van der Waals surface area contributed by atoms with E-state index in [-0.39, 0.29) is 5.89 Å². The number of ether oxygens (including phenoxy) is 1. The minimum Gasteiger partial charge on any atom is -0.452 e. The highest BCUT2D eigenvalue weighted by atomic mass is 35.5. The van der Waals surface area contributed by atoms with Gasteiger partial charge in [0.2, 0.25) is 5.89 Å². The zero-order chi connectivity index (χ0) is 18.5. The molecule has 0 spiro atoms. The number of hydrogen-bond donors (Lipinski definition) is 1. The van der Waals surface area contributed by atoms with Crippen LogP contribution in [0, 0.1) is 6.92 Å². The van der Waals surface area contributed by atoms with E-state index in [9.17, 15) is 9.59 Å². The molecule has 0 aliphatic rings. The van der Waals surface area contributed by atoms with Crippen LogP contribution in [-0.4, -0.2) is 23.5 Å². The van der Waals surface area contributed by atoms with Crippen LogP contribution in [0.3, 0.4) is 0 Å². The molecular weight excluding hydrogens is 356 g/mol. The number of benzene rings is 2. The molecule has 0 bridgehead atoms. The van der Waals surface area contributed by atoms with Crippen molar-refractivity contribution in [3.05, 3.63) is 65.0 Å². The summed E-state index contributed by atoms with van der Waals surface area (Å²) in [5.41, 5.74) is 2.74. The van der Waals surface area contributed by atoms with Gasteiger partial charge in [-0.2, -0.15) is 0 Å². The summed E-state index contributed by atoms with van der Waals surface area (Å²) in [6.45, 7) is 1.42. The molecule has 0 aliphatic heterocycles. The van der Waals surface area contributed by atoms with E-state index in [1.807, 2.05) is 19.1 Å². The normalized spacial score (nSPS) is 11.0. The molecule has 6 nitrogen and oxygen atoms in total. The number of anilines is 1. The number of halogens is 1. The molecule has 0 atom stereocenters. The predicted octanol–water partition coefficient (Wildman–Crippen LogP) is 3.98. The Morgan fingerprint density at radius 3 is 2.88 bits per heavy atom. The van der Waals surface area contributed by atoms with Crippen LogP contribution in [-0.2, 0) is 14.3 Å². The first-order valence-corrected chi connectivity index (χ1v) is 8.15. The fourth-order valence-corrected chi connectivity index (χ4v) is 2.37. The number of nitrogens with zero attached hydrogens (tertiary/aromatic N) is 1. The van der Waals surface area contributed by atoms with Crippen LogP contribution in [0.1, 0.15) is 11.5 Å². The molecule has 0 saturated carbocycles. The zero-order valence-electron chi connectivity index (χ0n) is 13.9. The third-order valence-corrected chi connectivity index (χ3v) is 3.73. The summed E-state index contributed by atoms with van der Waals surface area (Å²) < 4.78 is 10.4. The third-order valence-electron chi connectivity index (χ3n) is 3.49. The Bertz CT molecular complexity index is 961. The van der Waals surface area contributed by atoms with Crippen molar-refractivity contribution in [2.24, 2.45) is 0 Å². The maximum atomic E-state index is 11.9. The number of esters is 1. The topological polar surface area (TPSA) is 81.4 Å². The quantitative estimate of drug-likeness (QED) is 0.542. The highest BCUT2D eigenvalue weighted by molar-refractivity contribution is 6.31. The lowest BCUT2D eigenvalue weighted by Gasteiger charge is -2.08. The summed E-state index contributed by atoms with van der Waals surface area (Å²) in [7, 11) is 0. The Labute approximate surface area is 154 Å². The molecule has 1 heterocycles. The second kappa shape index (κ2) is 7.84. The van der Waals surface area contributed by atoms with E-state index in [1.165, 1.54) is 6.08 Å². The molecule has 132 valence electrons. The predicted molar refractivity (Wildman–Crippen MR) is 98.8 cm³/mol. The minimum atomic E-state index is -0.676. The maximum absolute atomic E-state index is 11.9. The molecule has 3 aromatic rings. The number of carbonyl (C=O) groups excluding carboxylic acids is 2. The largest absolute Gasteiger partial charge is 0.452 e.